The number of phenols is 1. The number of carbonyl (C=O) groups excluding carboxylic acids is 1. The van der Waals surface area contributed by atoms with Crippen LogP contribution in [0.2, 0.25) is 0 Å². The molecule has 1 aromatic rings. The van der Waals surface area contributed by atoms with Crippen LogP contribution in [0.15, 0.2) is 42.5 Å². The van der Waals surface area contributed by atoms with Gasteiger partial charge in [-0.05, 0) is 55.9 Å². The summed E-state index contributed by atoms with van der Waals surface area (Å²) in [6, 6.07) is 6.75. The lowest BCUT2D eigenvalue weighted by Crippen LogP contribution is -2.31. The zero-order chi connectivity index (χ0) is 15.3. The van der Waals surface area contributed by atoms with Crippen molar-refractivity contribution in [2.24, 2.45) is 0 Å². The van der Waals surface area contributed by atoms with Crippen LogP contribution in [0.25, 0.3) is 6.08 Å². The fraction of sp³-hybridized carbons (Fsp3) is 0.389. The Morgan fingerprint density at radius 1 is 1.33 bits per heavy atom. The molecule has 0 atom stereocenters. The molecule has 1 aromatic carbocycles. The molecule has 0 unspecified atom stereocenters. The van der Waals surface area contributed by atoms with Gasteiger partial charge in [-0.3, -0.25) is 0 Å². The summed E-state index contributed by atoms with van der Waals surface area (Å²) in [7, 11) is 0. The second-order valence-electron chi connectivity index (χ2n) is 5.58. The predicted octanol–water partition coefficient (Wildman–Crippen LogP) is 4.23. The molecule has 0 saturated heterocycles. The zero-order valence-corrected chi connectivity index (χ0v) is 12.5. The number of aromatic hydroxyl groups is 1. The number of hydrogen-bond donors (Lipinski definition) is 1. The highest BCUT2D eigenvalue weighted by molar-refractivity contribution is 5.92. The third-order valence-corrected chi connectivity index (χ3v) is 4.10. The molecule has 21 heavy (non-hydrogen) atoms. The van der Waals surface area contributed by atoms with Gasteiger partial charge in [-0.1, -0.05) is 31.7 Å². The first-order chi connectivity index (χ1) is 10.0. The zero-order valence-electron chi connectivity index (χ0n) is 12.5. The molecule has 1 N–H and O–H groups in total. The molecule has 0 aliphatic heterocycles. The van der Waals surface area contributed by atoms with Crippen molar-refractivity contribution in [2.75, 3.05) is 0 Å². The van der Waals surface area contributed by atoms with E-state index in [2.05, 4.69) is 13.5 Å². The summed E-state index contributed by atoms with van der Waals surface area (Å²) in [5.74, 6) is -0.120. The van der Waals surface area contributed by atoms with Crippen LogP contribution >= 0.6 is 0 Å². The van der Waals surface area contributed by atoms with Crippen LogP contribution < -0.4 is 0 Å². The molecule has 0 radical (unpaired) electrons. The monoisotopic (exact) mass is 286 g/mol. The van der Waals surface area contributed by atoms with E-state index >= 15 is 0 Å². The Balaban J connectivity index is 1.96. The van der Waals surface area contributed by atoms with Gasteiger partial charge in [0, 0.05) is 0 Å². The molecule has 1 aliphatic rings. The predicted molar refractivity (Wildman–Crippen MR) is 83.9 cm³/mol. The second-order valence-corrected chi connectivity index (χ2v) is 5.58. The first-order valence-corrected chi connectivity index (χ1v) is 7.44. The van der Waals surface area contributed by atoms with Gasteiger partial charge in [-0.15, -0.1) is 0 Å². The summed E-state index contributed by atoms with van der Waals surface area (Å²) >= 11 is 0. The van der Waals surface area contributed by atoms with Gasteiger partial charge in [0.25, 0.3) is 0 Å². The fourth-order valence-corrected chi connectivity index (χ4v) is 2.66. The van der Waals surface area contributed by atoms with E-state index in [9.17, 15) is 9.90 Å². The molecule has 1 fully saturated rings. The lowest BCUT2D eigenvalue weighted by molar-refractivity contribution is -0.154. The van der Waals surface area contributed by atoms with Gasteiger partial charge in [0.15, 0.2) is 0 Å². The number of esters is 1. The van der Waals surface area contributed by atoms with Crippen molar-refractivity contribution in [2.45, 2.75) is 44.6 Å². The average molecular weight is 286 g/mol. The van der Waals surface area contributed by atoms with Crippen LogP contribution in [0.1, 0.15) is 44.6 Å². The highest BCUT2D eigenvalue weighted by Gasteiger charge is 2.35. The van der Waals surface area contributed by atoms with Gasteiger partial charge in [-0.25, -0.2) is 4.79 Å². The average Bonchev–Trinajstić information content (AvgIpc) is 2.95. The maximum Gasteiger partial charge on any atom is 0.338 e. The lowest BCUT2D eigenvalue weighted by atomic mass is 9.98. The molecule has 0 aromatic heterocycles. The Morgan fingerprint density at radius 2 is 1.95 bits per heavy atom. The molecule has 1 aliphatic carbocycles. The molecule has 0 spiro atoms. The molecule has 3 nitrogen and oxygen atoms in total. The third-order valence-electron chi connectivity index (χ3n) is 4.10. The molecule has 3 heteroatoms. The second kappa shape index (κ2) is 6.61. The van der Waals surface area contributed by atoms with Crippen molar-refractivity contribution < 1.29 is 14.6 Å². The van der Waals surface area contributed by atoms with Crippen molar-refractivity contribution in [3.63, 3.8) is 0 Å². The largest absolute Gasteiger partial charge is 0.508 e. The fourth-order valence-electron chi connectivity index (χ4n) is 2.66. The van der Waals surface area contributed by atoms with Crippen LogP contribution in [-0.2, 0) is 9.53 Å². The summed E-state index contributed by atoms with van der Waals surface area (Å²) in [5, 5.41) is 9.22. The van der Waals surface area contributed by atoms with Gasteiger partial charge < -0.3 is 9.84 Å². The lowest BCUT2D eigenvalue weighted by Gasteiger charge is -2.27. The Hall–Kier alpha value is -2.03. The molecule has 0 heterocycles. The van der Waals surface area contributed by atoms with Crippen molar-refractivity contribution in [1.82, 2.24) is 0 Å². The molecular weight excluding hydrogens is 264 g/mol. The molecule has 0 amide bonds. The van der Waals surface area contributed by atoms with Gasteiger partial charge in [-0.2, -0.15) is 0 Å². The molecule has 1 saturated carbocycles. The Kier molecular flexibility index (Phi) is 4.84. The first-order valence-electron chi connectivity index (χ1n) is 7.44. The maximum atomic E-state index is 12.1. The van der Waals surface area contributed by atoms with Crippen LogP contribution in [0.5, 0.6) is 5.75 Å². The SMILES string of the molecule is C=C(C=Cc1ccc(O)cc1)C(=O)OC1(CC)CCCC1. The highest BCUT2D eigenvalue weighted by atomic mass is 16.6. The van der Waals surface area contributed by atoms with Crippen molar-refractivity contribution in [1.29, 1.82) is 0 Å². The van der Waals surface area contributed by atoms with Crippen molar-refractivity contribution in [3.8, 4) is 5.75 Å². The van der Waals surface area contributed by atoms with E-state index < -0.39 is 0 Å². The summed E-state index contributed by atoms with van der Waals surface area (Å²) in [6.45, 7) is 5.85. The van der Waals surface area contributed by atoms with E-state index in [0.717, 1.165) is 37.7 Å². The number of phenolic OH excluding ortho intramolecular Hbond substituents is 1. The summed E-state index contributed by atoms with van der Waals surface area (Å²) in [5.41, 5.74) is 0.961. The number of hydrogen-bond acceptors (Lipinski definition) is 3. The van der Waals surface area contributed by atoms with E-state index in [-0.39, 0.29) is 17.3 Å². The number of ether oxygens (including phenoxy) is 1. The normalized spacial score (nSPS) is 17.0. The van der Waals surface area contributed by atoms with Crippen LogP contribution in [0, 0.1) is 0 Å². The topological polar surface area (TPSA) is 46.5 Å². The van der Waals surface area contributed by atoms with Crippen molar-refractivity contribution in [3.05, 3.63) is 48.1 Å². The standard InChI is InChI=1S/C18H22O3/c1-3-18(12-4-5-13-18)21-17(20)14(2)6-7-15-8-10-16(19)11-9-15/h6-11,19H,2-5,12-13H2,1H3. The van der Waals surface area contributed by atoms with Crippen molar-refractivity contribution >= 4 is 12.0 Å². The number of rotatable bonds is 5. The van der Waals surface area contributed by atoms with E-state index in [0.29, 0.717) is 5.57 Å². The Bertz CT molecular complexity index is 534. The minimum atomic E-state index is -0.339. The minimum absolute atomic E-state index is 0.219. The van der Waals surface area contributed by atoms with Gasteiger partial charge in [0.1, 0.15) is 11.4 Å². The van der Waals surface area contributed by atoms with E-state index in [4.69, 9.17) is 4.74 Å². The smallest absolute Gasteiger partial charge is 0.338 e. The molecule has 112 valence electrons. The Morgan fingerprint density at radius 3 is 2.52 bits per heavy atom. The Labute approximate surface area is 125 Å². The molecule has 2 rings (SSSR count). The van der Waals surface area contributed by atoms with E-state index in [1.807, 2.05) is 0 Å². The van der Waals surface area contributed by atoms with Crippen LogP contribution in [-0.4, -0.2) is 16.7 Å². The summed E-state index contributed by atoms with van der Waals surface area (Å²) in [6.07, 6.45) is 8.44. The first kappa shape index (κ1) is 15.4. The maximum absolute atomic E-state index is 12.1. The minimum Gasteiger partial charge on any atom is -0.508 e. The summed E-state index contributed by atoms with van der Waals surface area (Å²) < 4.78 is 5.69. The number of carbonyl (C=O) groups is 1. The van der Waals surface area contributed by atoms with E-state index in [1.54, 1.807) is 36.4 Å². The quantitative estimate of drug-likeness (QED) is 0.500. The molecular formula is C18H22O3. The van der Waals surface area contributed by atoms with E-state index in [1.165, 1.54) is 0 Å². The summed E-state index contributed by atoms with van der Waals surface area (Å²) in [4.78, 5) is 12.1. The molecule has 0 bridgehead atoms. The third kappa shape index (κ3) is 3.97. The van der Waals surface area contributed by atoms with Crippen LogP contribution in [0.4, 0.5) is 0 Å². The van der Waals surface area contributed by atoms with Gasteiger partial charge >= 0.3 is 5.97 Å². The van der Waals surface area contributed by atoms with Crippen LogP contribution in [0.3, 0.4) is 0 Å². The number of benzene rings is 1. The highest BCUT2D eigenvalue weighted by Crippen LogP contribution is 2.36. The van der Waals surface area contributed by atoms with Gasteiger partial charge in [0.05, 0.1) is 5.57 Å². The van der Waals surface area contributed by atoms with Gasteiger partial charge in [0.2, 0.25) is 0 Å².